The average Bonchev–Trinajstić information content (AvgIpc) is 2.81. The van der Waals surface area contributed by atoms with Gasteiger partial charge in [0, 0.05) is 11.3 Å². The van der Waals surface area contributed by atoms with Crippen molar-refractivity contribution < 1.29 is 9.47 Å². The number of hydrogen-bond donors (Lipinski definition) is 1. The van der Waals surface area contributed by atoms with Gasteiger partial charge in [-0.1, -0.05) is 47.3 Å². The summed E-state index contributed by atoms with van der Waals surface area (Å²) in [6.45, 7) is 2.77. The van der Waals surface area contributed by atoms with E-state index in [2.05, 4.69) is 6.92 Å². The first-order valence-electron chi connectivity index (χ1n) is 6.44. The van der Waals surface area contributed by atoms with Crippen molar-refractivity contribution in [3.8, 4) is 0 Å². The molecule has 2 aliphatic carbocycles. The average molecular weight is 325 g/mol. The van der Waals surface area contributed by atoms with Crippen LogP contribution in [-0.4, -0.2) is 28.0 Å². The molecule has 0 aromatic rings. The maximum Gasteiger partial charge on any atom is 0.265 e. The van der Waals surface area contributed by atoms with Crippen molar-refractivity contribution in [1.82, 2.24) is 0 Å². The molecule has 0 radical (unpaired) electrons. The molecule has 3 rings (SSSR count). The molecule has 106 valence electrons. The highest BCUT2D eigenvalue weighted by Crippen LogP contribution is 2.60. The van der Waals surface area contributed by atoms with E-state index in [-0.39, 0.29) is 23.0 Å². The summed E-state index contributed by atoms with van der Waals surface area (Å²) in [5.41, 5.74) is -0.260. The molecule has 0 aromatic heterocycles. The highest BCUT2D eigenvalue weighted by molar-refractivity contribution is 6.76. The van der Waals surface area contributed by atoms with Crippen LogP contribution in [0.2, 0.25) is 0 Å². The summed E-state index contributed by atoms with van der Waals surface area (Å²) in [5.74, 6) is 0.112. The molecule has 1 heterocycles. The molecule has 1 saturated carbocycles. The Balaban J connectivity index is 1.88. The first kappa shape index (κ1) is 14.0. The quantitative estimate of drug-likeness (QED) is 0.344. The SMILES string of the molecule is C[C@@]12C=C[C@@H](OC(=N)C(Cl)(Cl)Cl)[C@]3(CCC[C@@H]31)CO2. The largest absolute Gasteiger partial charge is 0.470 e. The van der Waals surface area contributed by atoms with E-state index in [9.17, 15) is 0 Å². The zero-order valence-corrected chi connectivity index (χ0v) is 12.9. The molecular formula is C13H16Cl3NO2. The van der Waals surface area contributed by atoms with Gasteiger partial charge in [-0.05, 0) is 25.8 Å². The van der Waals surface area contributed by atoms with Crippen molar-refractivity contribution in [3.05, 3.63) is 12.2 Å². The molecule has 0 spiro atoms. The predicted molar refractivity (Wildman–Crippen MR) is 76.2 cm³/mol. The molecule has 1 aliphatic heterocycles. The zero-order valence-electron chi connectivity index (χ0n) is 10.6. The monoisotopic (exact) mass is 323 g/mol. The maximum atomic E-state index is 7.76. The third-order valence-corrected chi connectivity index (χ3v) is 5.36. The maximum absolute atomic E-state index is 7.76. The lowest BCUT2D eigenvalue weighted by molar-refractivity contribution is 0.0339. The lowest BCUT2D eigenvalue weighted by Gasteiger charge is -2.41. The number of nitrogens with one attached hydrogen (secondary N) is 1. The van der Waals surface area contributed by atoms with Gasteiger partial charge in [-0.15, -0.1) is 0 Å². The molecule has 1 saturated heterocycles. The van der Waals surface area contributed by atoms with Gasteiger partial charge in [0.15, 0.2) is 0 Å². The van der Waals surface area contributed by atoms with Crippen molar-refractivity contribution in [3.63, 3.8) is 0 Å². The Kier molecular flexibility index (Phi) is 3.14. The smallest absolute Gasteiger partial charge is 0.265 e. The molecule has 19 heavy (non-hydrogen) atoms. The summed E-state index contributed by atoms with van der Waals surface area (Å²) in [7, 11) is 0. The fourth-order valence-electron chi connectivity index (χ4n) is 3.93. The molecule has 3 aliphatic rings. The van der Waals surface area contributed by atoms with Gasteiger partial charge < -0.3 is 9.47 Å². The van der Waals surface area contributed by atoms with Crippen LogP contribution in [0.25, 0.3) is 0 Å². The van der Waals surface area contributed by atoms with Gasteiger partial charge in [0.25, 0.3) is 3.79 Å². The van der Waals surface area contributed by atoms with E-state index in [1.54, 1.807) is 0 Å². The molecular weight excluding hydrogens is 309 g/mol. The van der Waals surface area contributed by atoms with Crippen LogP contribution in [-0.2, 0) is 9.47 Å². The Morgan fingerprint density at radius 2 is 2.21 bits per heavy atom. The number of rotatable bonds is 1. The number of alkyl halides is 3. The second-order valence-electron chi connectivity index (χ2n) is 5.87. The molecule has 2 fully saturated rings. The molecule has 1 N–H and O–H groups in total. The fraction of sp³-hybridized carbons (Fsp3) is 0.769. The van der Waals surface area contributed by atoms with Crippen LogP contribution in [0.1, 0.15) is 26.2 Å². The Hall–Kier alpha value is 0.0400. The van der Waals surface area contributed by atoms with E-state index in [1.165, 1.54) is 0 Å². The Morgan fingerprint density at radius 3 is 2.89 bits per heavy atom. The Morgan fingerprint density at radius 1 is 1.47 bits per heavy atom. The van der Waals surface area contributed by atoms with Gasteiger partial charge in [0.05, 0.1) is 12.2 Å². The normalized spacial score (nSPS) is 44.2. The number of hydrogen-bond acceptors (Lipinski definition) is 3. The van der Waals surface area contributed by atoms with Gasteiger partial charge in [0.2, 0.25) is 5.90 Å². The minimum absolute atomic E-state index is 0.0638. The van der Waals surface area contributed by atoms with Crippen molar-refractivity contribution in [2.75, 3.05) is 6.61 Å². The zero-order chi connectivity index (χ0) is 13.9. The molecule has 0 unspecified atom stereocenters. The molecule has 0 amide bonds. The predicted octanol–water partition coefficient (Wildman–Crippen LogP) is 3.86. The second kappa shape index (κ2) is 4.27. The van der Waals surface area contributed by atoms with Crippen LogP contribution >= 0.6 is 34.8 Å². The van der Waals surface area contributed by atoms with E-state index in [0.717, 1.165) is 19.3 Å². The van der Waals surface area contributed by atoms with Crippen LogP contribution in [0, 0.1) is 16.7 Å². The van der Waals surface area contributed by atoms with Gasteiger partial charge in [-0.2, -0.15) is 0 Å². The summed E-state index contributed by atoms with van der Waals surface area (Å²) in [4.78, 5) is 0. The first-order chi connectivity index (χ1) is 8.78. The summed E-state index contributed by atoms with van der Waals surface area (Å²) >= 11 is 17.1. The minimum atomic E-state index is -1.81. The Labute approximate surface area is 127 Å². The molecule has 4 atom stereocenters. The molecule has 0 aromatic carbocycles. The second-order valence-corrected chi connectivity index (χ2v) is 8.16. The highest BCUT2D eigenvalue weighted by atomic mass is 35.6. The number of ether oxygens (including phenoxy) is 2. The Bertz CT molecular complexity index is 448. The van der Waals surface area contributed by atoms with E-state index in [4.69, 9.17) is 49.7 Å². The van der Waals surface area contributed by atoms with Gasteiger partial charge >= 0.3 is 0 Å². The third-order valence-electron chi connectivity index (χ3n) is 4.84. The lowest BCUT2D eigenvalue weighted by atomic mass is 9.66. The highest BCUT2D eigenvalue weighted by Gasteiger charge is 2.63. The molecule has 2 bridgehead atoms. The van der Waals surface area contributed by atoms with Gasteiger partial charge in [-0.3, -0.25) is 5.41 Å². The summed E-state index contributed by atoms with van der Waals surface area (Å²) in [6.07, 6.45) is 7.10. The summed E-state index contributed by atoms with van der Waals surface area (Å²) < 4.78 is 9.83. The lowest BCUT2D eigenvalue weighted by Crippen LogP contribution is -2.47. The van der Waals surface area contributed by atoms with E-state index < -0.39 is 3.79 Å². The van der Waals surface area contributed by atoms with Crippen molar-refractivity contribution in [2.45, 2.75) is 41.7 Å². The summed E-state index contributed by atoms with van der Waals surface area (Å²) in [6, 6.07) is 0. The minimum Gasteiger partial charge on any atom is -0.470 e. The number of halogens is 3. The van der Waals surface area contributed by atoms with Crippen molar-refractivity contribution in [1.29, 1.82) is 5.41 Å². The van der Waals surface area contributed by atoms with Gasteiger partial charge in [-0.25, -0.2) is 0 Å². The van der Waals surface area contributed by atoms with Crippen LogP contribution in [0.4, 0.5) is 0 Å². The van der Waals surface area contributed by atoms with E-state index in [0.29, 0.717) is 12.5 Å². The first-order valence-corrected chi connectivity index (χ1v) is 7.57. The summed E-state index contributed by atoms with van der Waals surface area (Å²) in [5, 5.41) is 7.76. The van der Waals surface area contributed by atoms with E-state index in [1.807, 2.05) is 12.2 Å². The molecule has 3 nitrogen and oxygen atoms in total. The van der Waals surface area contributed by atoms with Gasteiger partial charge in [0.1, 0.15) is 6.10 Å². The third kappa shape index (κ3) is 2.01. The van der Waals surface area contributed by atoms with Crippen LogP contribution in [0.3, 0.4) is 0 Å². The van der Waals surface area contributed by atoms with Crippen LogP contribution in [0.5, 0.6) is 0 Å². The topological polar surface area (TPSA) is 42.3 Å². The van der Waals surface area contributed by atoms with Crippen molar-refractivity contribution >= 4 is 40.7 Å². The fourth-order valence-corrected chi connectivity index (χ4v) is 4.06. The standard InChI is InChI=1S/C13H16Cl3NO2/c1-11-6-4-9(19-10(17)13(14,15)16)12(7-18-11)5-2-3-8(11)12/h4,6,8-9,17H,2-3,5,7H2,1H3/t8-,9-,11-,12-/m1/s1. The van der Waals surface area contributed by atoms with E-state index >= 15 is 0 Å². The van der Waals surface area contributed by atoms with Crippen LogP contribution in [0.15, 0.2) is 12.2 Å². The molecule has 6 heteroatoms. The van der Waals surface area contributed by atoms with Crippen LogP contribution < -0.4 is 0 Å². The van der Waals surface area contributed by atoms with Crippen molar-refractivity contribution in [2.24, 2.45) is 11.3 Å².